The van der Waals surface area contributed by atoms with Crippen LogP contribution in [0.15, 0.2) is 24.3 Å². The summed E-state index contributed by atoms with van der Waals surface area (Å²) >= 11 is 0. The number of ether oxygens (including phenoxy) is 1. The van der Waals surface area contributed by atoms with Crippen molar-refractivity contribution in [2.45, 2.75) is 38.3 Å². The van der Waals surface area contributed by atoms with E-state index >= 15 is 0 Å². The number of methoxy groups -OCH3 is 1. The number of hydrogen-bond acceptors (Lipinski definition) is 4. The van der Waals surface area contributed by atoms with Crippen molar-refractivity contribution in [2.24, 2.45) is 5.73 Å². The van der Waals surface area contributed by atoms with Crippen LogP contribution in [0.25, 0.3) is 0 Å². The average Bonchev–Trinajstić information content (AvgIpc) is 2.55. The molecule has 1 saturated heterocycles. The fraction of sp³-hybridized carbons (Fsp3) is 0.588. The number of nitrogens with zero attached hydrogens (tertiary/aromatic N) is 1. The van der Waals surface area contributed by atoms with Crippen LogP contribution >= 0.6 is 0 Å². The smallest absolute Gasteiger partial charge is 0.234 e. The number of rotatable bonds is 7. The summed E-state index contributed by atoms with van der Waals surface area (Å²) in [6.07, 6.45) is 4.54. The van der Waals surface area contributed by atoms with E-state index in [2.05, 4.69) is 10.2 Å². The van der Waals surface area contributed by atoms with Crippen molar-refractivity contribution < 1.29 is 9.53 Å². The summed E-state index contributed by atoms with van der Waals surface area (Å²) in [6.45, 7) is 2.68. The topological polar surface area (TPSA) is 67.6 Å². The van der Waals surface area contributed by atoms with Crippen molar-refractivity contribution in [3.05, 3.63) is 29.8 Å². The van der Waals surface area contributed by atoms with Crippen LogP contribution in [0, 0.1) is 0 Å². The molecule has 1 atom stereocenters. The number of nitrogens with two attached hydrogens (primary N) is 1. The Balaban J connectivity index is 1.81. The van der Waals surface area contributed by atoms with E-state index in [4.69, 9.17) is 10.5 Å². The van der Waals surface area contributed by atoms with Crippen LogP contribution in [0.1, 0.15) is 31.2 Å². The van der Waals surface area contributed by atoms with Crippen LogP contribution in [-0.4, -0.2) is 43.6 Å². The summed E-state index contributed by atoms with van der Waals surface area (Å²) in [4.78, 5) is 14.4. The predicted octanol–water partition coefficient (Wildman–Crippen LogP) is 1.51. The first-order valence-corrected chi connectivity index (χ1v) is 8.06. The molecule has 1 fully saturated rings. The van der Waals surface area contributed by atoms with Gasteiger partial charge in [-0.25, -0.2) is 0 Å². The van der Waals surface area contributed by atoms with Gasteiger partial charge in [0.15, 0.2) is 0 Å². The molecule has 0 bridgehead atoms. The summed E-state index contributed by atoms with van der Waals surface area (Å²) in [7, 11) is 1.64. The molecule has 0 aliphatic carbocycles. The lowest BCUT2D eigenvalue weighted by atomic mass is 9.99. The monoisotopic (exact) mass is 305 g/mol. The Labute approximate surface area is 132 Å². The van der Waals surface area contributed by atoms with E-state index in [0.717, 1.165) is 30.7 Å². The van der Waals surface area contributed by atoms with Crippen LogP contribution in [0.5, 0.6) is 5.75 Å². The van der Waals surface area contributed by atoms with Crippen molar-refractivity contribution in [3.8, 4) is 5.75 Å². The van der Waals surface area contributed by atoms with Gasteiger partial charge in [0.05, 0.1) is 13.7 Å². The molecule has 3 N–H and O–H groups in total. The zero-order valence-electron chi connectivity index (χ0n) is 13.4. The second kappa shape index (κ2) is 8.76. The minimum atomic E-state index is 0.0757. The Bertz CT molecular complexity index is 477. The molecule has 122 valence electrons. The highest BCUT2D eigenvalue weighted by atomic mass is 16.5. The third-order valence-corrected chi connectivity index (χ3v) is 4.22. The molecule has 2 rings (SSSR count). The second-order valence-electron chi connectivity index (χ2n) is 5.83. The molecule has 5 nitrogen and oxygen atoms in total. The number of carbonyl (C=O) groups excluding carboxylic acids is 1. The number of piperidine rings is 1. The Morgan fingerprint density at radius 2 is 2.32 bits per heavy atom. The van der Waals surface area contributed by atoms with Gasteiger partial charge in [-0.1, -0.05) is 18.6 Å². The number of hydrogen-bond donors (Lipinski definition) is 2. The van der Waals surface area contributed by atoms with Crippen molar-refractivity contribution in [1.29, 1.82) is 0 Å². The van der Waals surface area contributed by atoms with Gasteiger partial charge in [-0.15, -0.1) is 0 Å². The van der Waals surface area contributed by atoms with E-state index in [0.29, 0.717) is 25.7 Å². The maximum Gasteiger partial charge on any atom is 0.234 e. The second-order valence-corrected chi connectivity index (χ2v) is 5.83. The highest BCUT2D eigenvalue weighted by Crippen LogP contribution is 2.18. The molecule has 1 aliphatic rings. The minimum Gasteiger partial charge on any atom is -0.497 e. The van der Waals surface area contributed by atoms with Gasteiger partial charge in [0.2, 0.25) is 5.91 Å². The Hall–Kier alpha value is -1.59. The number of nitrogens with one attached hydrogen (secondary N) is 1. The SMILES string of the molecule is COc1cccc(CNC(=O)CN2CCCCC2CCN)c1. The first kappa shape index (κ1) is 16.8. The molecular weight excluding hydrogens is 278 g/mol. The summed E-state index contributed by atoms with van der Waals surface area (Å²) in [5, 5.41) is 2.99. The lowest BCUT2D eigenvalue weighted by Gasteiger charge is -2.35. The molecule has 0 saturated carbocycles. The van der Waals surface area contributed by atoms with Gasteiger partial charge in [-0.3, -0.25) is 9.69 Å². The summed E-state index contributed by atoms with van der Waals surface area (Å²) < 4.78 is 5.19. The van der Waals surface area contributed by atoms with Gasteiger partial charge < -0.3 is 15.8 Å². The number of likely N-dealkylation sites (tertiary alicyclic amines) is 1. The van der Waals surface area contributed by atoms with Gasteiger partial charge in [0.25, 0.3) is 0 Å². The normalized spacial score (nSPS) is 18.9. The van der Waals surface area contributed by atoms with Crippen molar-refractivity contribution in [2.75, 3.05) is 26.7 Å². The quantitative estimate of drug-likeness (QED) is 0.801. The molecular formula is C17H27N3O2. The molecule has 1 heterocycles. The Morgan fingerprint density at radius 1 is 1.45 bits per heavy atom. The van der Waals surface area contributed by atoms with E-state index in [1.54, 1.807) is 7.11 Å². The Morgan fingerprint density at radius 3 is 3.09 bits per heavy atom. The first-order chi connectivity index (χ1) is 10.7. The van der Waals surface area contributed by atoms with E-state index in [-0.39, 0.29) is 5.91 Å². The highest BCUT2D eigenvalue weighted by Gasteiger charge is 2.23. The third-order valence-electron chi connectivity index (χ3n) is 4.22. The van der Waals surface area contributed by atoms with E-state index in [1.165, 1.54) is 12.8 Å². The van der Waals surface area contributed by atoms with Crippen LogP contribution in [0.3, 0.4) is 0 Å². The van der Waals surface area contributed by atoms with Crippen molar-refractivity contribution >= 4 is 5.91 Å². The van der Waals surface area contributed by atoms with Gasteiger partial charge in [0, 0.05) is 12.6 Å². The Kier molecular flexibility index (Phi) is 6.68. The molecule has 5 heteroatoms. The van der Waals surface area contributed by atoms with Crippen LogP contribution in [-0.2, 0) is 11.3 Å². The van der Waals surface area contributed by atoms with E-state index in [9.17, 15) is 4.79 Å². The summed E-state index contributed by atoms with van der Waals surface area (Å²) in [5.41, 5.74) is 6.72. The molecule has 0 radical (unpaired) electrons. The number of amides is 1. The maximum atomic E-state index is 12.2. The molecule has 1 amide bonds. The predicted molar refractivity (Wildman–Crippen MR) is 87.7 cm³/mol. The van der Waals surface area contributed by atoms with Crippen LogP contribution in [0.2, 0.25) is 0 Å². The number of benzene rings is 1. The zero-order chi connectivity index (χ0) is 15.8. The van der Waals surface area contributed by atoms with E-state index < -0.39 is 0 Å². The first-order valence-electron chi connectivity index (χ1n) is 8.06. The summed E-state index contributed by atoms with van der Waals surface area (Å²) in [6, 6.07) is 8.22. The lowest BCUT2D eigenvalue weighted by molar-refractivity contribution is -0.123. The van der Waals surface area contributed by atoms with Crippen LogP contribution in [0.4, 0.5) is 0 Å². The van der Waals surface area contributed by atoms with Gasteiger partial charge in [-0.2, -0.15) is 0 Å². The largest absolute Gasteiger partial charge is 0.497 e. The lowest BCUT2D eigenvalue weighted by Crippen LogP contribution is -2.46. The summed E-state index contributed by atoms with van der Waals surface area (Å²) in [5.74, 6) is 0.887. The molecule has 0 aromatic heterocycles. The van der Waals surface area contributed by atoms with Crippen molar-refractivity contribution in [1.82, 2.24) is 10.2 Å². The highest BCUT2D eigenvalue weighted by molar-refractivity contribution is 5.78. The van der Waals surface area contributed by atoms with Gasteiger partial charge >= 0.3 is 0 Å². The van der Waals surface area contributed by atoms with E-state index in [1.807, 2.05) is 24.3 Å². The van der Waals surface area contributed by atoms with Gasteiger partial charge in [0.1, 0.15) is 5.75 Å². The molecule has 0 spiro atoms. The fourth-order valence-corrected chi connectivity index (χ4v) is 3.01. The van der Waals surface area contributed by atoms with Crippen molar-refractivity contribution in [3.63, 3.8) is 0 Å². The maximum absolute atomic E-state index is 12.2. The molecule has 1 unspecified atom stereocenters. The molecule has 1 aliphatic heterocycles. The van der Waals surface area contributed by atoms with Gasteiger partial charge in [-0.05, 0) is 50.0 Å². The number of carbonyl (C=O) groups is 1. The fourth-order valence-electron chi connectivity index (χ4n) is 3.01. The molecule has 1 aromatic carbocycles. The third kappa shape index (κ3) is 5.00. The standard InChI is InChI=1S/C17H27N3O2/c1-22-16-7-4-5-14(11-16)12-19-17(21)13-20-10-3-2-6-15(20)8-9-18/h4-5,7,11,15H,2-3,6,8-10,12-13,18H2,1H3,(H,19,21). The zero-order valence-corrected chi connectivity index (χ0v) is 13.4. The van der Waals surface area contributed by atoms with Crippen LogP contribution < -0.4 is 15.8 Å². The molecule has 22 heavy (non-hydrogen) atoms. The minimum absolute atomic E-state index is 0.0757. The molecule has 1 aromatic rings. The average molecular weight is 305 g/mol.